The van der Waals surface area contributed by atoms with Gasteiger partial charge in [-0.1, -0.05) is 12.1 Å². The summed E-state index contributed by atoms with van der Waals surface area (Å²) in [7, 11) is 5.02. The molecule has 0 unspecified atom stereocenters. The van der Waals surface area contributed by atoms with Gasteiger partial charge in [0.2, 0.25) is 0 Å². The van der Waals surface area contributed by atoms with E-state index in [1.807, 2.05) is 24.3 Å². The van der Waals surface area contributed by atoms with Crippen LogP contribution in [0.2, 0.25) is 0 Å². The third kappa shape index (κ3) is 7.94. The molecule has 0 saturated carbocycles. The average molecular weight is 336 g/mol. The second kappa shape index (κ2) is 12.3. The standard InChI is InChI=1S/C17H28N4O3/c1-18-16(22)15-7-5-14(6-8-15)13-21-17(19-2)20-9-4-10-24-12-11-23-3/h5-8H,4,9-13H2,1-3H3,(H,18,22)(H2,19,20,21). The summed E-state index contributed by atoms with van der Waals surface area (Å²) in [6.45, 7) is 3.35. The highest BCUT2D eigenvalue weighted by Crippen LogP contribution is 2.04. The third-order valence-electron chi connectivity index (χ3n) is 3.32. The molecule has 24 heavy (non-hydrogen) atoms. The van der Waals surface area contributed by atoms with E-state index in [0.29, 0.717) is 31.9 Å². The van der Waals surface area contributed by atoms with Crippen molar-refractivity contribution in [2.24, 2.45) is 4.99 Å². The molecule has 134 valence electrons. The molecule has 1 rings (SSSR count). The minimum absolute atomic E-state index is 0.0836. The highest BCUT2D eigenvalue weighted by atomic mass is 16.5. The molecular weight excluding hydrogens is 308 g/mol. The Morgan fingerprint density at radius 3 is 2.50 bits per heavy atom. The fraction of sp³-hybridized carbons (Fsp3) is 0.529. The monoisotopic (exact) mass is 336 g/mol. The lowest BCUT2D eigenvalue weighted by molar-refractivity contribution is 0.0698. The number of hydrogen-bond donors (Lipinski definition) is 3. The summed E-state index contributed by atoms with van der Waals surface area (Å²) < 4.78 is 10.3. The lowest BCUT2D eigenvalue weighted by atomic mass is 10.1. The number of aliphatic imine (C=N–C) groups is 1. The maximum atomic E-state index is 11.5. The van der Waals surface area contributed by atoms with Crippen molar-refractivity contribution in [3.63, 3.8) is 0 Å². The van der Waals surface area contributed by atoms with Gasteiger partial charge in [0.05, 0.1) is 13.2 Å². The third-order valence-corrected chi connectivity index (χ3v) is 3.32. The number of nitrogens with one attached hydrogen (secondary N) is 3. The SMILES string of the molecule is CN=C(NCCCOCCOC)NCc1ccc(C(=O)NC)cc1. The molecule has 0 heterocycles. The zero-order chi connectivity index (χ0) is 17.6. The van der Waals surface area contributed by atoms with Gasteiger partial charge >= 0.3 is 0 Å². The number of hydrogen-bond acceptors (Lipinski definition) is 4. The first-order valence-corrected chi connectivity index (χ1v) is 8.03. The van der Waals surface area contributed by atoms with Crippen LogP contribution in [-0.2, 0) is 16.0 Å². The smallest absolute Gasteiger partial charge is 0.251 e. The minimum Gasteiger partial charge on any atom is -0.382 e. The first kappa shape index (κ1) is 19.9. The Morgan fingerprint density at radius 2 is 1.88 bits per heavy atom. The summed E-state index contributed by atoms with van der Waals surface area (Å²) in [5, 5.41) is 9.07. The van der Waals surface area contributed by atoms with Crippen LogP contribution in [0.1, 0.15) is 22.3 Å². The second-order valence-corrected chi connectivity index (χ2v) is 5.09. The normalized spacial score (nSPS) is 11.2. The van der Waals surface area contributed by atoms with Crippen molar-refractivity contribution in [1.82, 2.24) is 16.0 Å². The Balaban J connectivity index is 2.25. The fourth-order valence-electron chi connectivity index (χ4n) is 1.95. The number of rotatable bonds is 10. The molecule has 0 aliphatic heterocycles. The van der Waals surface area contributed by atoms with Crippen LogP contribution < -0.4 is 16.0 Å². The molecule has 0 aromatic heterocycles. The number of carbonyl (C=O) groups excluding carboxylic acids is 1. The van der Waals surface area contributed by atoms with Gasteiger partial charge in [-0.25, -0.2) is 0 Å². The zero-order valence-corrected chi connectivity index (χ0v) is 14.7. The number of methoxy groups -OCH3 is 1. The maximum Gasteiger partial charge on any atom is 0.251 e. The predicted molar refractivity (Wildman–Crippen MR) is 95.3 cm³/mol. The molecule has 0 bridgehead atoms. The van der Waals surface area contributed by atoms with E-state index in [1.165, 1.54) is 0 Å². The first-order chi connectivity index (χ1) is 11.7. The summed E-state index contributed by atoms with van der Waals surface area (Å²) in [4.78, 5) is 15.7. The Hall–Kier alpha value is -2.12. The summed E-state index contributed by atoms with van der Waals surface area (Å²) in [5.74, 6) is 0.655. The van der Waals surface area contributed by atoms with Gasteiger partial charge in [0.25, 0.3) is 5.91 Å². The van der Waals surface area contributed by atoms with E-state index in [-0.39, 0.29) is 5.91 Å². The summed E-state index contributed by atoms with van der Waals surface area (Å²) >= 11 is 0. The van der Waals surface area contributed by atoms with E-state index in [0.717, 1.165) is 24.5 Å². The Morgan fingerprint density at radius 1 is 1.12 bits per heavy atom. The van der Waals surface area contributed by atoms with E-state index < -0.39 is 0 Å². The van der Waals surface area contributed by atoms with Crippen LogP contribution in [0.5, 0.6) is 0 Å². The molecule has 1 amide bonds. The summed E-state index contributed by atoms with van der Waals surface area (Å²) in [6.07, 6.45) is 0.894. The molecule has 7 heteroatoms. The largest absolute Gasteiger partial charge is 0.382 e. The Labute approximate surface area is 143 Å². The van der Waals surface area contributed by atoms with Crippen molar-refractivity contribution in [3.05, 3.63) is 35.4 Å². The number of nitrogens with zero attached hydrogens (tertiary/aromatic N) is 1. The number of ether oxygens (including phenoxy) is 2. The Bertz CT molecular complexity index is 503. The summed E-state index contributed by atoms with van der Waals surface area (Å²) in [6, 6.07) is 7.47. The van der Waals surface area contributed by atoms with Gasteiger partial charge in [-0.2, -0.15) is 0 Å². The van der Waals surface area contributed by atoms with Crippen molar-refractivity contribution in [2.75, 3.05) is 47.6 Å². The molecule has 0 fully saturated rings. The number of carbonyl (C=O) groups is 1. The molecule has 0 aliphatic rings. The van der Waals surface area contributed by atoms with Gasteiger partial charge in [-0.05, 0) is 24.1 Å². The molecule has 0 spiro atoms. The highest BCUT2D eigenvalue weighted by molar-refractivity contribution is 5.93. The zero-order valence-electron chi connectivity index (χ0n) is 14.7. The van der Waals surface area contributed by atoms with E-state index in [1.54, 1.807) is 21.2 Å². The molecule has 1 aromatic carbocycles. The lowest BCUT2D eigenvalue weighted by Crippen LogP contribution is -2.37. The van der Waals surface area contributed by atoms with E-state index >= 15 is 0 Å². The van der Waals surface area contributed by atoms with Crippen molar-refractivity contribution < 1.29 is 14.3 Å². The van der Waals surface area contributed by atoms with Crippen molar-refractivity contribution in [2.45, 2.75) is 13.0 Å². The van der Waals surface area contributed by atoms with Gasteiger partial charge in [-0.3, -0.25) is 9.79 Å². The van der Waals surface area contributed by atoms with Crippen LogP contribution >= 0.6 is 0 Å². The minimum atomic E-state index is -0.0836. The van der Waals surface area contributed by atoms with Gasteiger partial charge < -0.3 is 25.4 Å². The van der Waals surface area contributed by atoms with Crippen LogP contribution in [0.4, 0.5) is 0 Å². The quantitative estimate of drug-likeness (QED) is 0.334. The lowest BCUT2D eigenvalue weighted by Gasteiger charge is -2.12. The molecule has 3 N–H and O–H groups in total. The van der Waals surface area contributed by atoms with Gasteiger partial charge in [-0.15, -0.1) is 0 Å². The van der Waals surface area contributed by atoms with Crippen LogP contribution in [0, 0.1) is 0 Å². The second-order valence-electron chi connectivity index (χ2n) is 5.09. The van der Waals surface area contributed by atoms with Crippen LogP contribution in [0.25, 0.3) is 0 Å². The van der Waals surface area contributed by atoms with Crippen molar-refractivity contribution in [3.8, 4) is 0 Å². The van der Waals surface area contributed by atoms with Gasteiger partial charge in [0.15, 0.2) is 5.96 Å². The number of guanidine groups is 1. The molecule has 0 radical (unpaired) electrons. The molecule has 7 nitrogen and oxygen atoms in total. The van der Waals surface area contributed by atoms with Crippen LogP contribution in [-0.4, -0.2) is 59.4 Å². The van der Waals surface area contributed by atoms with Crippen molar-refractivity contribution >= 4 is 11.9 Å². The van der Waals surface area contributed by atoms with E-state index in [2.05, 4.69) is 20.9 Å². The number of amides is 1. The van der Waals surface area contributed by atoms with Gasteiger partial charge in [0, 0.05) is 46.5 Å². The van der Waals surface area contributed by atoms with E-state index in [4.69, 9.17) is 9.47 Å². The Kier molecular flexibility index (Phi) is 10.2. The number of benzene rings is 1. The summed E-state index contributed by atoms with van der Waals surface area (Å²) in [5.41, 5.74) is 1.73. The fourth-order valence-corrected chi connectivity index (χ4v) is 1.95. The maximum absolute atomic E-state index is 11.5. The van der Waals surface area contributed by atoms with Crippen LogP contribution in [0.15, 0.2) is 29.3 Å². The van der Waals surface area contributed by atoms with Crippen LogP contribution in [0.3, 0.4) is 0 Å². The van der Waals surface area contributed by atoms with E-state index in [9.17, 15) is 4.79 Å². The predicted octanol–water partition coefficient (Wildman–Crippen LogP) is 0.764. The highest BCUT2D eigenvalue weighted by Gasteiger charge is 2.03. The molecule has 0 atom stereocenters. The topological polar surface area (TPSA) is 84.0 Å². The van der Waals surface area contributed by atoms with Crippen molar-refractivity contribution in [1.29, 1.82) is 0 Å². The average Bonchev–Trinajstić information content (AvgIpc) is 2.63. The van der Waals surface area contributed by atoms with Gasteiger partial charge in [0.1, 0.15) is 0 Å². The molecular formula is C17H28N4O3. The molecule has 0 saturated heterocycles. The molecule has 0 aliphatic carbocycles. The first-order valence-electron chi connectivity index (χ1n) is 8.03. The molecule has 1 aromatic rings.